The minimum Gasteiger partial charge on any atom is -0.492 e. The Kier molecular flexibility index (Phi) is 4.80. The van der Waals surface area contributed by atoms with Crippen LogP contribution in [0.2, 0.25) is 0 Å². The molecule has 1 fully saturated rings. The molecule has 0 radical (unpaired) electrons. The Morgan fingerprint density at radius 2 is 2.26 bits per heavy atom. The molecule has 0 atom stereocenters. The van der Waals surface area contributed by atoms with E-state index in [1.807, 2.05) is 38.2 Å². The minimum atomic E-state index is 0.208. The summed E-state index contributed by atoms with van der Waals surface area (Å²) in [6.07, 6.45) is 0.647. The summed E-state index contributed by atoms with van der Waals surface area (Å²) in [7, 11) is 1.84. The van der Waals surface area contributed by atoms with Crippen LogP contribution in [-0.4, -0.2) is 44.1 Å². The smallest absolute Gasteiger partial charge is 0.222 e. The van der Waals surface area contributed by atoms with Gasteiger partial charge in [-0.05, 0) is 43.6 Å². The number of rotatable bonds is 6. The van der Waals surface area contributed by atoms with E-state index in [1.165, 1.54) is 5.56 Å². The quantitative estimate of drug-likeness (QED) is 0.843. The summed E-state index contributed by atoms with van der Waals surface area (Å²) < 4.78 is 5.65. The first-order valence-electron chi connectivity index (χ1n) is 6.79. The van der Waals surface area contributed by atoms with Crippen molar-refractivity contribution >= 4 is 5.91 Å². The molecule has 1 saturated heterocycles. The van der Waals surface area contributed by atoms with Crippen molar-refractivity contribution in [2.45, 2.75) is 13.3 Å². The normalized spacial score (nSPS) is 14.8. The first-order valence-corrected chi connectivity index (χ1v) is 6.79. The Morgan fingerprint density at radius 3 is 2.89 bits per heavy atom. The van der Waals surface area contributed by atoms with Crippen molar-refractivity contribution < 1.29 is 9.53 Å². The molecule has 104 valence electrons. The molecular formula is C15H22N2O2. The molecule has 0 unspecified atom stereocenters. The number of ether oxygens (including phenoxy) is 1. The van der Waals surface area contributed by atoms with Gasteiger partial charge in [-0.1, -0.05) is 12.1 Å². The van der Waals surface area contributed by atoms with Gasteiger partial charge in [0.2, 0.25) is 5.91 Å². The van der Waals surface area contributed by atoms with E-state index in [0.717, 1.165) is 18.8 Å². The van der Waals surface area contributed by atoms with Gasteiger partial charge in [0.1, 0.15) is 12.4 Å². The molecule has 2 rings (SSSR count). The molecule has 0 aliphatic carbocycles. The largest absolute Gasteiger partial charge is 0.492 e. The summed E-state index contributed by atoms with van der Waals surface area (Å²) in [6.45, 7) is 5.15. The summed E-state index contributed by atoms with van der Waals surface area (Å²) in [5.41, 5.74) is 1.18. The number of amides is 1. The third kappa shape index (κ3) is 4.24. The number of hydrogen-bond donors (Lipinski definition) is 1. The molecule has 1 aromatic rings. The van der Waals surface area contributed by atoms with E-state index in [9.17, 15) is 4.79 Å². The van der Waals surface area contributed by atoms with Gasteiger partial charge in [0.25, 0.3) is 0 Å². The third-order valence-electron chi connectivity index (χ3n) is 3.44. The Labute approximate surface area is 114 Å². The maximum absolute atomic E-state index is 11.9. The van der Waals surface area contributed by atoms with Crippen molar-refractivity contribution in [2.75, 3.05) is 33.3 Å². The van der Waals surface area contributed by atoms with Gasteiger partial charge in [-0.3, -0.25) is 4.79 Å². The van der Waals surface area contributed by atoms with Crippen LogP contribution >= 0.6 is 0 Å². The number of benzene rings is 1. The SMILES string of the molecule is Cc1cccc(OCCN(C)C(=O)CC2CNC2)c1. The number of carbonyl (C=O) groups is 1. The van der Waals surface area contributed by atoms with Crippen LogP contribution in [0.5, 0.6) is 5.75 Å². The molecule has 19 heavy (non-hydrogen) atoms. The average Bonchev–Trinajstić information content (AvgIpc) is 2.33. The van der Waals surface area contributed by atoms with E-state index in [2.05, 4.69) is 5.32 Å². The molecule has 1 amide bonds. The van der Waals surface area contributed by atoms with Gasteiger partial charge in [0.05, 0.1) is 6.54 Å². The predicted molar refractivity (Wildman–Crippen MR) is 75.3 cm³/mol. The summed E-state index contributed by atoms with van der Waals surface area (Å²) in [5.74, 6) is 1.59. The van der Waals surface area contributed by atoms with Crippen LogP contribution in [0.15, 0.2) is 24.3 Å². The minimum absolute atomic E-state index is 0.208. The molecule has 1 heterocycles. The van der Waals surface area contributed by atoms with Gasteiger partial charge in [-0.25, -0.2) is 0 Å². The highest BCUT2D eigenvalue weighted by atomic mass is 16.5. The molecule has 1 aliphatic heterocycles. The maximum Gasteiger partial charge on any atom is 0.222 e. The number of hydrogen-bond acceptors (Lipinski definition) is 3. The fourth-order valence-electron chi connectivity index (χ4n) is 2.03. The Hall–Kier alpha value is -1.55. The van der Waals surface area contributed by atoms with Crippen molar-refractivity contribution in [3.8, 4) is 5.75 Å². The average molecular weight is 262 g/mol. The van der Waals surface area contributed by atoms with E-state index in [-0.39, 0.29) is 5.91 Å². The second kappa shape index (κ2) is 6.57. The second-order valence-corrected chi connectivity index (χ2v) is 5.21. The van der Waals surface area contributed by atoms with Crippen LogP contribution in [0.1, 0.15) is 12.0 Å². The van der Waals surface area contributed by atoms with E-state index < -0.39 is 0 Å². The van der Waals surface area contributed by atoms with E-state index in [4.69, 9.17) is 4.74 Å². The highest BCUT2D eigenvalue weighted by molar-refractivity contribution is 5.76. The number of carbonyl (C=O) groups excluding carboxylic acids is 1. The predicted octanol–water partition coefficient (Wildman–Crippen LogP) is 1.44. The summed E-state index contributed by atoms with van der Waals surface area (Å²) in [5, 5.41) is 3.18. The zero-order chi connectivity index (χ0) is 13.7. The van der Waals surface area contributed by atoms with Crippen molar-refractivity contribution in [3.05, 3.63) is 29.8 Å². The van der Waals surface area contributed by atoms with E-state index >= 15 is 0 Å². The van der Waals surface area contributed by atoms with Gasteiger partial charge in [-0.15, -0.1) is 0 Å². The summed E-state index contributed by atoms with van der Waals surface area (Å²) >= 11 is 0. The van der Waals surface area contributed by atoms with Crippen LogP contribution in [0.25, 0.3) is 0 Å². The molecule has 1 aromatic carbocycles. The van der Waals surface area contributed by atoms with Crippen molar-refractivity contribution in [2.24, 2.45) is 5.92 Å². The molecule has 0 saturated carbocycles. The summed E-state index contributed by atoms with van der Waals surface area (Å²) in [4.78, 5) is 13.6. The lowest BCUT2D eigenvalue weighted by Gasteiger charge is -2.28. The monoisotopic (exact) mass is 262 g/mol. The highest BCUT2D eigenvalue weighted by Crippen LogP contribution is 2.13. The summed E-state index contributed by atoms with van der Waals surface area (Å²) in [6, 6.07) is 7.95. The van der Waals surface area contributed by atoms with Crippen molar-refractivity contribution in [1.82, 2.24) is 10.2 Å². The Balaban J connectivity index is 1.68. The van der Waals surface area contributed by atoms with Gasteiger partial charge >= 0.3 is 0 Å². The molecular weight excluding hydrogens is 240 g/mol. The zero-order valence-corrected chi connectivity index (χ0v) is 11.7. The number of aryl methyl sites for hydroxylation is 1. The van der Waals surface area contributed by atoms with Crippen molar-refractivity contribution in [3.63, 3.8) is 0 Å². The first kappa shape index (κ1) is 13.9. The molecule has 0 aromatic heterocycles. The fraction of sp³-hybridized carbons (Fsp3) is 0.533. The molecule has 1 aliphatic rings. The van der Waals surface area contributed by atoms with Crippen molar-refractivity contribution in [1.29, 1.82) is 0 Å². The molecule has 0 spiro atoms. The third-order valence-corrected chi connectivity index (χ3v) is 3.44. The zero-order valence-electron chi connectivity index (χ0n) is 11.7. The standard InChI is InChI=1S/C15H22N2O2/c1-12-4-3-5-14(8-12)19-7-6-17(2)15(18)9-13-10-16-11-13/h3-5,8,13,16H,6-7,9-11H2,1-2H3. The van der Waals surface area contributed by atoms with Crippen LogP contribution in [0.4, 0.5) is 0 Å². The Bertz CT molecular complexity index is 430. The van der Waals surface area contributed by atoms with Crippen LogP contribution in [0, 0.1) is 12.8 Å². The molecule has 1 N–H and O–H groups in total. The van der Waals surface area contributed by atoms with Crippen LogP contribution < -0.4 is 10.1 Å². The van der Waals surface area contributed by atoms with Crippen LogP contribution in [0.3, 0.4) is 0 Å². The van der Waals surface area contributed by atoms with Gasteiger partial charge in [-0.2, -0.15) is 0 Å². The van der Waals surface area contributed by atoms with Crippen LogP contribution in [-0.2, 0) is 4.79 Å². The number of nitrogens with zero attached hydrogens (tertiary/aromatic N) is 1. The van der Waals surface area contributed by atoms with Gasteiger partial charge < -0.3 is 15.0 Å². The van der Waals surface area contributed by atoms with E-state index in [0.29, 0.717) is 25.5 Å². The maximum atomic E-state index is 11.9. The lowest BCUT2D eigenvalue weighted by Crippen LogP contribution is -2.45. The first-order chi connectivity index (χ1) is 9.15. The topological polar surface area (TPSA) is 41.6 Å². The number of nitrogens with one attached hydrogen (secondary N) is 1. The highest BCUT2D eigenvalue weighted by Gasteiger charge is 2.21. The lowest BCUT2D eigenvalue weighted by molar-refractivity contribution is -0.131. The molecule has 4 nitrogen and oxygen atoms in total. The number of likely N-dealkylation sites (N-methyl/N-ethyl adjacent to an activating group) is 1. The van der Waals surface area contributed by atoms with E-state index in [1.54, 1.807) is 4.90 Å². The molecule has 4 heteroatoms. The fourth-order valence-corrected chi connectivity index (χ4v) is 2.03. The Morgan fingerprint density at radius 1 is 1.47 bits per heavy atom. The second-order valence-electron chi connectivity index (χ2n) is 5.21. The van der Waals surface area contributed by atoms with Gasteiger partial charge in [0.15, 0.2) is 0 Å². The lowest BCUT2D eigenvalue weighted by atomic mass is 9.99. The van der Waals surface area contributed by atoms with Gasteiger partial charge in [0, 0.05) is 13.5 Å². The molecule has 0 bridgehead atoms.